The quantitative estimate of drug-likeness (QED) is 0.568. The van der Waals surface area contributed by atoms with Crippen molar-refractivity contribution in [1.82, 2.24) is 0 Å². The number of hydrogen-bond donors (Lipinski definition) is 0. The third kappa shape index (κ3) is 2.17. The van der Waals surface area contributed by atoms with Gasteiger partial charge in [-0.05, 0) is 12.8 Å². The summed E-state index contributed by atoms with van der Waals surface area (Å²) in [5.74, 6) is 0. The van der Waals surface area contributed by atoms with Gasteiger partial charge in [0.05, 0.1) is 0 Å². The highest BCUT2D eigenvalue weighted by Crippen LogP contribution is 2.18. The molecule has 11 heavy (non-hydrogen) atoms. The lowest BCUT2D eigenvalue weighted by molar-refractivity contribution is -1.09. The van der Waals surface area contributed by atoms with Crippen LogP contribution in [0.4, 0.5) is 0 Å². The van der Waals surface area contributed by atoms with Crippen LogP contribution in [0.3, 0.4) is 0 Å². The molecule has 1 saturated heterocycles. The zero-order chi connectivity index (χ0) is 8.16. The van der Waals surface area contributed by atoms with Gasteiger partial charge in [0, 0.05) is 6.42 Å². The van der Waals surface area contributed by atoms with Crippen LogP contribution in [0.15, 0.2) is 0 Å². The average Bonchev–Trinajstić information content (AvgIpc) is 2.39. The standard InChI is InChI=1S/C9H20NO/c1-3-6-10(7-4-2)8-5-9-11-10/h3-9H2,1-2H3/q+1. The van der Waals surface area contributed by atoms with E-state index in [-0.39, 0.29) is 0 Å². The van der Waals surface area contributed by atoms with Crippen molar-refractivity contribution in [3.63, 3.8) is 0 Å². The van der Waals surface area contributed by atoms with Crippen LogP contribution in [-0.4, -0.2) is 30.9 Å². The number of hydroxylamine groups is 3. The molecule has 66 valence electrons. The predicted molar refractivity (Wildman–Crippen MR) is 46.0 cm³/mol. The van der Waals surface area contributed by atoms with Crippen molar-refractivity contribution < 1.29 is 9.48 Å². The summed E-state index contributed by atoms with van der Waals surface area (Å²) in [5, 5.41) is 0. The summed E-state index contributed by atoms with van der Waals surface area (Å²) in [6.45, 7) is 9.08. The molecule has 0 amide bonds. The molecule has 0 bridgehead atoms. The highest BCUT2D eigenvalue weighted by molar-refractivity contribution is 4.43. The molecule has 1 heterocycles. The number of hydrogen-bond acceptors (Lipinski definition) is 1. The summed E-state index contributed by atoms with van der Waals surface area (Å²) < 4.78 is 0.938. The van der Waals surface area contributed by atoms with Crippen LogP contribution < -0.4 is 0 Å². The predicted octanol–water partition coefficient (Wildman–Crippen LogP) is 1.96. The lowest BCUT2D eigenvalue weighted by Crippen LogP contribution is -2.45. The van der Waals surface area contributed by atoms with E-state index in [0.29, 0.717) is 0 Å². The van der Waals surface area contributed by atoms with Gasteiger partial charge < -0.3 is 0 Å². The van der Waals surface area contributed by atoms with E-state index in [1.54, 1.807) is 0 Å². The molecular weight excluding hydrogens is 138 g/mol. The van der Waals surface area contributed by atoms with E-state index in [9.17, 15) is 0 Å². The van der Waals surface area contributed by atoms with Crippen LogP contribution in [0.25, 0.3) is 0 Å². The van der Waals surface area contributed by atoms with E-state index < -0.39 is 0 Å². The van der Waals surface area contributed by atoms with Gasteiger partial charge in [0.1, 0.15) is 26.2 Å². The molecule has 2 nitrogen and oxygen atoms in total. The molecule has 0 aromatic rings. The Kier molecular flexibility index (Phi) is 3.34. The molecule has 0 atom stereocenters. The normalized spacial score (nSPS) is 22.4. The highest BCUT2D eigenvalue weighted by Gasteiger charge is 2.32. The Morgan fingerprint density at radius 3 is 2.18 bits per heavy atom. The Balaban J connectivity index is 2.40. The molecular formula is C9H20NO+. The summed E-state index contributed by atoms with van der Waals surface area (Å²) in [4.78, 5) is 5.76. The highest BCUT2D eigenvalue weighted by atomic mass is 16.7. The van der Waals surface area contributed by atoms with Crippen LogP contribution >= 0.6 is 0 Å². The van der Waals surface area contributed by atoms with Crippen LogP contribution in [-0.2, 0) is 4.84 Å². The zero-order valence-electron chi connectivity index (χ0n) is 7.81. The summed E-state index contributed by atoms with van der Waals surface area (Å²) in [6, 6.07) is 0. The van der Waals surface area contributed by atoms with Crippen molar-refractivity contribution in [1.29, 1.82) is 0 Å². The van der Waals surface area contributed by atoms with E-state index in [1.807, 2.05) is 0 Å². The summed E-state index contributed by atoms with van der Waals surface area (Å²) in [6.07, 6.45) is 3.72. The average molecular weight is 158 g/mol. The van der Waals surface area contributed by atoms with Crippen molar-refractivity contribution in [2.75, 3.05) is 26.2 Å². The van der Waals surface area contributed by atoms with E-state index >= 15 is 0 Å². The molecule has 0 saturated carbocycles. The first-order valence-electron chi connectivity index (χ1n) is 4.83. The number of quaternary nitrogens is 1. The molecule has 1 aliphatic heterocycles. The monoisotopic (exact) mass is 158 g/mol. The van der Waals surface area contributed by atoms with Gasteiger partial charge in [-0.2, -0.15) is 4.65 Å². The maximum absolute atomic E-state index is 5.76. The Labute approximate surface area is 69.7 Å². The van der Waals surface area contributed by atoms with E-state index in [1.165, 1.54) is 38.9 Å². The molecule has 0 spiro atoms. The molecule has 0 N–H and O–H groups in total. The largest absolute Gasteiger partial charge is 0.203 e. The molecule has 0 aromatic heterocycles. The summed E-state index contributed by atoms with van der Waals surface area (Å²) >= 11 is 0. The molecule has 1 rings (SSSR count). The van der Waals surface area contributed by atoms with E-state index in [4.69, 9.17) is 4.84 Å². The second-order valence-electron chi connectivity index (χ2n) is 3.42. The molecule has 0 aliphatic carbocycles. The smallest absolute Gasteiger partial charge is 0.112 e. The van der Waals surface area contributed by atoms with Gasteiger partial charge >= 0.3 is 0 Å². The molecule has 0 unspecified atom stereocenters. The van der Waals surface area contributed by atoms with E-state index in [0.717, 1.165) is 11.3 Å². The minimum Gasteiger partial charge on any atom is -0.203 e. The second kappa shape index (κ2) is 4.07. The van der Waals surface area contributed by atoms with Gasteiger partial charge in [0.15, 0.2) is 0 Å². The Morgan fingerprint density at radius 2 is 1.82 bits per heavy atom. The Hall–Kier alpha value is -0.0800. The Bertz CT molecular complexity index is 100. The minimum atomic E-state index is 0.938. The van der Waals surface area contributed by atoms with Crippen molar-refractivity contribution in [3.05, 3.63) is 0 Å². The Morgan fingerprint density at radius 1 is 1.18 bits per heavy atom. The van der Waals surface area contributed by atoms with Gasteiger partial charge in [-0.3, -0.25) is 0 Å². The van der Waals surface area contributed by atoms with Crippen molar-refractivity contribution in [2.45, 2.75) is 33.1 Å². The zero-order valence-corrected chi connectivity index (χ0v) is 7.81. The molecule has 1 aliphatic rings. The first kappa shape index (κ1) is 9.01. The maximum Gasteiger partial charge on any atom is 0.112 e. The lowest BCUT2D eigenvalue weighted by Gasteiger charge is -2.29. The molecule has 0 aromatic carbocycles. The van der Waals surface area contributed by atoms with Crippen LogP contribution in [0.1, 0.15) is 33.1 Å². The van der Waals surface area contributed by atoms with Crippen molar-refractivity contribution >= 4 is 0 Å². The first-order valence-corrected chi connectivity index (χ1v) is 4.83. The van der Waals surface area contributed by atoms with Crippen LogP contribution in [0.5, 0.6) is 0 Å². The van der Waals surface area contributed by atoms with Crippen LogP contribution in [0, 0.1) is 0 Å². The summed E-state index contributed by atoms with van der Waals surface area (Å²) in [5.41, 5.74) is 0. The topological polar surface area (TPSA) is 9.23 Å². The van der Waals surface area contributed by atoms with Gasteiger partial charge in [0.2, 0.25) is 0 Å². The van der Waals surface area contributed by atoms with Crippen molar-refractivity contribution in [3.8, 4) is 0 Å². The maximum atomic E-state index is 5.76. The van der Waals surface area contributed by atoms with E-state index in [2.05, 4.69) is 13.8 Å². The first-order chi connectivity index (χ1) is 5.33. The SMILES string of the molecule is CCC[N+]1(CCC)CCCO1. The van der Waals surface area contributed by atoms with Gasteiger partial charge in [-0.15, -0.1) is 0 Å². The number of nitrogens with zero attached hydrogens (tertiary/aromatic N) is 1. The molecule has 0 radical (unpaired) electrons. The molecule has 2 heteroatoms. The van der Waals surface area contributed by atoms with Gasteiger partial charge in [-0.1, -0.05) is 13.8 Å². The molecule has 1 fully saturated rings. The number of rotatable bonds is 4. The minimum absolute atomic E-state index is 0.938. The second-order valence-corrected chi connectivity index (χ2v) is 3.42. The van der Waals surface area contributed by atoms with Gasteiger partial charge in [-0.25, -0.2) is 4.84 Å². The fourth-order valence-electron chi connectivity index (χ4n) is 1.95. The fraction of sp³-hybridized carbons (Fsp3) is 1.00. The van der Waals surface area contributed by atoms with Crippen LogP contribution in [0.2, 0.25) is 0 Å². The van der Waals surface area contributed by atoms with Crippen molar-refractivity contribution in [2.24, 2.45) is 0 Å². The fourth-order valence-corrected chi connectivity index (χ4v) is 1.95. The third-order valence-electron chi connectivity index (χ3n) is 2.34. The summed E-state index contributed by atoms with van der Waals surface area (Å²) in [7, 11) is 0. The third-order valence-corrected chi connectivity index (χ3v) is 2.34. The van der Waals surface area contributed by atoms with Gasteiger partial charge in [0.25, 0.3) is 0 Å². The lowest BCUT2D eigenvalue weighted by atomic mass is 10.3.